The van der Waals surface area contributed by atoms with Crippen LogP contribution in [0.4, 0.5) is 5.69 Å². The molecule has 1 aliphatic carbocycles. The Bertz CT molecular complexity index is 838. The summed E-state index contributed by atoms with van der Waals surface area (Å²) in [5.41, 5.74) is 2.10. The Morgan fingerprint density at radius 1 is 1.18 bits per heavy atom. The topological polar surface area (TPSA) is 75.1 Å². The molecule has 2 aromatic carbocycles. The Morgan fingerprint density at radius 3 is 2.75 bits per heavy atom. The number of benzene rings is 2. The highest BCUT2D eigenvalue weighted by atomic mass is 16.5. The molecule has 6 heteroatoms. The van der Waals surface area contributed by atoms with Gasteiger partial charge >= 0.3 is 0 Å². The van der Waals surface area contributed by atoms with Gasteiger partial charge in [0.1, 0.15) is 5.60 Å². The molecule has 0 heterocycles. The lowest BCUT2D eigenvalue weighted by Crippen LogP contribution is -2.34. The zero-order valence-corrected chi connectivity index (χ0v) is 16.8. The van der Waals surface area contributed by atoms with Crippen molar-refractivity contribution < 1.29 is 14.6 Å². The van der Waals surface area contributed by atoms with E-state index in [1.807, 2.05) is 50.2 Å². The number of aryl methyl sites for hydroxylation is 1. The summed E-state index contributed by atoms with van der Waals surface area (Å²) in [5.74, 6) is 1.98. The summed E-state index contributed by atoms with van der Waals surface area (Å²) in [6, 6.07) is 13.7. The van der Waals surface area contributed by atoms with Crippen molar-refractivity contribution in [1.82, 2.24) is 5.32 Å². The third-order valence-electron chi connectivity index (χ3n) is 4.90. The number of nitrogens with one attached hydrogen (secondary N) is 2. The van der Waals surface area contributed by atoms with Crippen molar-refractivity contribution in [1.29, 1.82) is 0 Å². The van der Waals surface area contributed by atoms with E-state index in [-0.39, 0.29) is 0 Å². The average Bonchev–Trinajstić information content (AvgIpc) is 3.04. The standard InChI is InChI=1S/C22H29N3O3/c1-4-23-21(25-17-10-11-19(27-3)20(14-17)28-5-2)24-15-22(26)13-12-16-8-6-7-9-18(16)22/h6-11,14,26H,4-5,12-13,15H2,1-3H3,(H2,23,24,25). The van der Waals surface area contributed by atoms with Crippen LogP contribution in [0.3, 0.4) is 0 Å². The van der Waals surface area contributed by atoms with Gasteiger partial charge in [0.25, 0.3) is 0 Å². The second-order valence-corrected chi connectivity index (χ2v) is 6.81. The van der Waals surface area contributed by atoms with Crippen LogP contribution in [0.1, 0.15) is 31.4 Å². The minimum atomic E-state index is -0.921. The number of guanidine groups is 1. The summed E-state index contributed by atoms with van der Waals surface area (Å²) in [7, 11) is 1.62. The van der Waals surface area contributed by atoms with Crippen molar-refractivity contribution >= 4 is 11.6 Å². The van der Waals surface area contributed by atoms with Gasteiger partial charge in [-0.2, -0.15) is 0 Å². The fourth-order valence-corrected chi connectivity index (χ4v) is 3.51. The zero-order valence-electron chi connectivity index (χ0n) is 16.8. The van der Waals surface area contributed by atoms with Crippen LogP contribution < -0.4 is 20.1 Å². The number of nitrogens with zero attached hydrogens (tertiary/aromatic N) is 1. The van der Waals surface area contributed by atoms with Crippen molar-refractivity contribution in [2.75, 3.05) is 32.1 Å². The van der Waals surface area contributed by atoms with E-state index in [4.69, 9.17) is 9.47 Å². The molecule has 0 aliphatic heterocycles. The maximum atomic E-state index is 11.1. The SMILES string of the molecule is CCNC(=NCC1(O)CCc2ccccc21)Nc1ccc(OC)c(OCC)c1. The zero-order chi connectivity index (χ0) is 20.0. The van der Waals surface area contributed by atoms with Crippen LogP contribution in [0.25, 0.3) is 0 Å². The van der Waals surface area contributed by atoms with Gasteiger partial charge in [0, 0.05) is 18.3 Å². The summed E-state index contributed by atoms with van der Waals surface area (Å²) in [6.07, 6.45) is 1.56. The van der Waals surface area contributed by atoms with E-state index in [1.165, 1.54) is 5.56 Å². The second kappa shape index (κ2) is 8.97. The first kappa shape index (κ1) is 20.0. The van der Waals surface area contributed by atoms with E-state index in [9.17, 15) is 5.11 Å². The molecule has 0 amide bonds. The molecule has 0 spiro atoms. The number of rotatable bonds is 7. The molecule has 28 heavy (non-hydrogen) atoms. The van der Waals surface area contributed by atoms with Crippen molar-refractivity contribution in [2.24, 2.45) is 4.99 Å². The predicted octanol–water partition coefficient (Wildman–Crippen LogP) is 3.31. The van der Waals surface area contributed by atoms with Crippen LogP contribution in [-0.4, -0.2) is 37.9 Å². The van der Waals surface area contributed by atoms with E-state index in [0.717, 1.165) is 24.2 Å². The fourth-order valence-electron chi connectivity index (χ4n) is 3.51. The fraction of sp³-hybridized carbons (Fsp3) is 0.409. The molecule has 0 saturated carbocycles. The number of hydrogen-bond acceptors (Lipinski definition) is 4. The Labute approximate surface area is 166 Å². The minimum Gasteiger partial charge on any atom is -0.493 e. The van der Waals surface area contributed by atoms with Gasteiger partial charge in [-0.3, -0.25) is 0 Å². The lowest BCUT2D eigenvalue weighted by Gasteiger charge is -2.23. The molecule has 2 aromatic rings. The first-order valence-corrected chi connectivity index (χ1v) is 9.76. The van der Waals surface area contributed by atoms with E-state index >= 15 is 0 Å². The molecule has 0 aromatic heterocycles. The Kier molecular flexibility index (Phi) is 6.41. The number of aliphatic hydroxyl groups is 1. The summed E-state index contributed by atoms with van der Waals surface area (Å²) < 4.78 is 11.0. The van der Waals surface area contributed by atoms with Crippen LogP contribution in [0.2, 0.25) is 0 Å². The number of ether oxygens (including phenoxy) is 2. The molecule has 150 valence electrons. The van der Waals surface area contributed by atoms with Gasteiger partial charge in [0.05, 0.1) is 20.3 Å². The molecular formula is C22H29N3O3. The lowest BCUT2D eigenvalue weighted by molar-refractivity contribution is 0.0486. The van der Waals surface area contributed by atoms with Gasteiger partial charge in [0.2, 0.25) is 0 Å². The van der Waals surface area contributed by atoms with Crippen LogP contribution in [0.15, 0.2) is 47.5 Å². The quantitative estimate of drug-likeness (QED) is 0.505. The summed E-state index contributed by atoms with van der Waals surface area (Å²) >= 11 is 0. The smallest absolute Gasteiger partial charge is 0.195 e. The molecule has 3 N–H and O–H groups in total. The highest BCUT2D eigenvalue weighted by Gasteiger charge is 2.36. The molecular weight excluding hydrogens is 354 g/mol. The third-order valence-corrected chi connectivity index (χ3v) is 4.90. The minimum absolute atomic E-state index is 0.299. The highest BCUT2D eigenvalue weighted by Crippen LogP contribution is 2.37. The van der Waals surface area contributed by atoms with E-state index in [2.05, 4.69) is 21.7 Å². The van der Waals surface area contributed by atoms with Gasteiger partial charge in [-0.15, -0.1) is 0 Å². The second-order valence-electron chi connectivity index (χ2n) is 6.81. The largest absolute Gasteiger partial charge is 0.493 e. The summed E-state index contributed by atoms with van der Waals surface area (Å²) in [4.78, 5) is 4.65. The number of methoxy groups -OCH3 is 1. The molecule has 6 nitrogen and oxygen atoms in total. The van der Waals surface area contributed by atoms with Crippen LogP contribution in [0, 0.1) is 0 Å². The van der Waals surface area contributed by atoms with Gasteiger partial charge in [0.15, 0.2) is 17.5 Å². The van der Waals surface area contributed by atoms with Gasteiger partial charge in [-0.25, -0.2) is 4.99 Å². The molecule has 0 saturated heterocycles. The predicted molar refractivity (Wildman–Crippen MR) is 112 cm³/mol. The number of fused-ring (bicyclic) bond motifs is 1. The Balaban J connectivity index is 1.78. The molecule has 1 unspecified atom stereocenters. The molecule has 1 aliphatic rings. The molecule has 0 bridgehead atoms. The van der Waals surface area contributed by atoms with Gasteiger partial charge in [-0.05, 0) is 49.9 Å². The van der Waals surface area contributed by atoms with E-state index in [0.29, 0.717) is 37.0 Å². The average molecular weight is 383 g/mol. The summed E-state index contributed by atoms with van der Waals surface area (Å²) in [5, 5.41) is 17.6. The van der Waals surface area contributed by atoms with E-state index < -0.39 is 5.60 Å². The first-order valence-electron chi connectivity index (χ1n) is 9.76. The highest BCUT2D eigenvalue weighted by molar-refractivity contribution is 5.94. The van der Waals surface area contributed by atoms with E-state index in [1.54, 1.807) is 7.11 Å². The lowest BCUT2D eigenvalue weighted by atomic mass is 9.96. The maximum absolute atomic E-state index is 11.1. The molecule has 0 fully saturated rings. The number of hydrogen-bond donors (Lipinski definition) is 3. The van der Waals surface area contributed by atoms with Gasteiger partial charge < -0.3 is 25.2 Å². The maximum Gasteiger partial charge on any atom is 0.195 e. The molecule has 1 atom stereocenters. The monoisotopic (exact) mass is 383 g/mol. The third kappa shape index (κ3) is 4.39. The van der Waals surface area contributed by atoms with Crippen molar-refractivity contribution in [3.63, 3.8) is 0 Å². The number of aliphatic imine (C=N–C) groups is 1. The van der Waals surface area contributed by atoms with Crippen molar-refractivity contribution in [3.8, 4) is 11.5 Å². The molecule has 3 rings (SSSR count). The Hall–Kier alpha value is -2.73. The number of anilines is 1. The van der Waals surface area contributed by atoms with Crippen molar-refractivity contribution in [3.05, 3.63) is 53.6 Å². The normalized spacial score (nSPS) is 18.5. The first-order chi connectivity index (χ1) is 13.6. The summed E-state index contributed by atoms with van der Waals surface area (Å²) in [6.45, 7) is 5.52. The van der Waals surface area contributed by atoms with Crippen LogP contribution in [-0.2, 0) is 12.0 Å². The van der Waals surface area contributed by atoms with Crippen LogP contribution >= 0.6 is 0 Å². The van der Waals surface area contributed by atoms with Crippen LogP contribution in [0.5, 0.6) is 11.5 Å². The Morgan fingerprint density at radius 2 is 2.00 bits per heavy atom. The van der Waals surface area contributed by atoms with Crippen molar-refractivity contribution in [2.45, 2.75) is 32.3 Å². The molecule has 0 radical (unpaired) electrons. The van der Waals surface area contributed by atoms with Gasteiger partial charge in [-0.1, -0.05) is 24.3 Å².